The Bertz CT molecular complexity index is 1500. The third-order valence-electron chi connectivity index (χ3n) is 8.89. The molecule has 1 fully saturated rings. The highest BCUT2D eigenvalue weighted by molar-refractivity contribution is 5.73. The highest BCUT2D eigenvalue weighted by Crippen LogP contribution is 2.42. The van der Waals surface area contributed by atoms with Crippen molar-refractivity contribution in [3.05, 3.63) is 143 Å². The lowest BCUT2D eigenvalue weighted by Gasteiger charge is -2.43. The van der Waals surface area contributed by atoms with E-state index in [9.17, 15) is 15.0 Å². The van der Waals surface area contributed by atoms with Crippen molar-refractivity contribution in [3.63, 3.8) is 0 Å². The van der Waals surface area contributed by atoms with Gasteiger partial charge in [-0.15, -0.1) is 0 Å². The van der Waals surface area contributed by atoms with Gasteiger partial charge in [-0.3, -0.25) is 4.90 Å². The van der Waals surface area contributed by atoms with Crippen molar-refractivity contribution in [1.29, 1.82) is 0 Å². The second-order valence-corrected chi connectivity index (χ2v) is 12.1. The van der Waals surface area contributed by atoms with Crippen LogP contribution in [0.5, 0.6) is 0 Å². The second-order valence-electron chi connectivity index (χ2n) is 12.1. The minimum Gasteiger partial charge on any atom is -0.392 e. The molecule has 6 atom stereocenters. The second kappa shape index (κ2) is 16.0. The Kier molecular flexibility index (Phi) is 11.6. The maximum atomic E-state index is 12.3. The van der Waals surface area contributed by atoms with Crippen LogP contribution in [0, 0.1) is 5.92 Å². The Morgan fingerprint density at radius 3 is 1.93 bits per heavy atom. The van der Waals surface area contributed by atoms with E-state index < -0.39 is 12.4 Å². The maximum Gasteiger partial charge on any atom is 0.315 e. The molecule has 4 aromatic rings. The summed E-state index contributed by atoms with van der Waals surface area (Å²) in [6.07, 6.45) is -1.68. The fourth-order valence-corrected chi connectivity index (χ4v) is 5.76. The maximum absolute atomic E-state index is 12.3. The molecule has 1 aliphatic rings. The number of urea groups is 1. The molecule has 8 nitrogen and oxygen atoms in total. The first-order valence-corrected chi connectivity index (χ1v) is 15.9. The summed E-state index contributed by atoms with van der Waals surface area (Å²) < 4.78 is 13.2. The largest absolute Gasteiger partial charge is 0.392 e. The van der Waals surface area contributed by atoms with Gasteiger partial charge in [-0.05, 0) is 41.8 Å². The van der Waals surface area contributed by atoms with E-state index in [4.69, 9.17) is 9.47 Å². The summed E-state index contributed by atoms with van der Waals surface area (Å²) in [5.41, 5.74) is 5.62. The van der Waals surface area contributed by atoms with Gasteiger partial charge in [0.25, 0.3) is 0 Å². The molecular formula is C38H45N3O5. The van der Waals surface area contributed by atoms with E-state index in [-0.39, 0.29) is 36.8 Å². The van der Waals surface area contributed by atoms with Crippen LogP contribution in [0.2, 0.25) is 0 Å². The smallest absolute Gasteiger partial charge is 0.315 e. The minimum absolute atomic E-state index is 0.0117. The first-order valence-electron chi connectivity index (χ1n) is 15.9. The topological polar surface area (TPSA) is 103 Å². The van der Waals surface area contributed by atoms with E-state index in [0.29, 0.717) is 19.6 Å². The Morgan fingerprint density at radius 1 is 0.783 bits per heavy atom. The number of benzene rings is 4. The van der Waals surface area contributed by atoms with E-state index >= 15 is 0 Å². The SMILES string of the molecule is C[C@H]1[C@@H](CN(C)[C@@H](C)[C@H](O)c2ccccc2)O[C@@H](c2ccc(CNC(=O)NCc3ccccc3)cc2)O[C@H]1c1ccc(CO)cc1. The zero-order chi connectivity index (χ0) is 32.5. The van der Waals surface area contributed by atoms with Gasteiger partial charge in [0.15, 0.2) is 6.29 Å². The Hall–Kier alpha value is -4.05. The summed E-state index contributed by atoms with van der Waals surface area (Å²) in [5.74, 6) is 0.0117. The average Bonchev–Trinajstić information content (AvgIpc) is 3.11. The summed E-state index contributed by atoms with van der Waals surface area (Å²) in [4.78, 5) is 14.5. The number of carbonyl (C=O) groups excluding carboxylic acids is 1. The Labute approximate surface area is 272 Å². The molecule has 1 aliphatic heterocycles. The molecule has 0 aromatic heterocycles. The van der Waals surface area contributed by atoms with Crippen LogP contribution in [0.15, 0.2) is 109 Å². The molecule has 4 aromatic carbocycles. The molecule has 1 saturated heterocycles. The quantitative estimate of drug-likeness (QED) is 0.154. The van der Waals surface area contributed by atoms with E-state index in [2.05, 4.69) is 22.5 Å². The standard InChI is InChI=1S/C38H45N3O5/c1-26-34(24-41(3)27(2)35(43)31-12-8-5-9-13-31)45-37(46-36(26)32-18-16-30(25-42)17-19-32)33-20-14-29(15-21-33)23-40-38(44)39-22-28-10-6-4-7-11-28/h4-21,26-27,34-37,42-43H,22-25H2,1-3H3,(H2,39,40,44)/t26-,27-,34+,35-,36+,37+/m0/s1. The van der Waals surface area contributed by atoms with Crippen LogP contribution in [0.1, 0.15) is 65.7 Å². The van der Waals surface area contributed by atoms with Crippen molar-refractivity contribution in [2.24, 2.45) is 5.92 Å². The molecule has 0 spiro atoms. The molecule has 46 heavy (non-hydrogen) atoms. The molecule has 2 amide bonds. The van der Waals surface area contributed by atoms with Crippen molar-refractivity contribution >= 4 is 6.03 Å². The van der Waals surface area contributed by atoms with Crippen LogP contribution in [0.25, 0.3) is 0 Å². The van der Waals surface area contributed by atoms with Crippen LogP contribution in [-0.4, -0.2) is 46.9 Å². The number of carbonyl (C=O) groups is 1. The van der Waals surface area contributed by atoms with Gasteiger partial charge in [0.2, 0.25) is 0 Å². The van der Waals surface area contributed by atoms with E-state index in [1.165, 1.54) is 0 Å². The van der Waals surface area contributed by atoms with Gasteiger partial charge >= 0.3 is 6.03 Å². The molecule has 0 saturated carbocycles. The summed E-state index contributed by atoms with van der Waals surface area (Å²) in [6.45, 7) is 5.59. The summed E-state index contributed by atoms with van der Waals surface area (Å²) in [6, 6.07) is 34.9. The number of hydrogen-bond acceptors (Lipinski definition) is 6. The molecule has 1 heterocycles. The van der Waals surface area contributed by atoms with Gasteiger partial charge in [-0.1, -0.05) is 116 Å². The predicted octanol–water partition coefficient (Wildman–Crippen LogP) is 6.02. The number of likely N-dealkylation sites (N-methyl/N-ethyl adjacent to an activating group) is 1. The lowest BCUT2D eigenvalue weighted by atomic mass is 9.89. The van der Waals surface area contributed by atoms with E-state index in [1.54, 1.807) is 0 Å². The van der Waals surface area contributed by atoms with E-state index in [0.717, 1.165) is 33.4 Å². The van der Waals surface area contributed by atoms with Crippen molar-refractivity contribution < 1.29 is 24.5 Å². The fourth-order valence-electron chi connectivity index (χ4n) is 5.76. The molecule has 8 heteroatoms. The predicted molar refractivity (Wildman–Crippen MR) is 178 cm³/mol. The molecule has 0 radical (unpaired) electrons. The van der Waals surface area contributed by atoms with Gasteiger partial charge in [-0.25, -0.2) is 4.79 Å². The average molecular weight is 624 g/mol. The minimum atomic E-state index is -0.638. The van der Waals surface area contributed by atoms with Gasteiger partial charge in [0, 0.05) is 37.2 Å². The first kappa shape index (κ1) is 33.3. The molecule has 5 rings (SSSR count). The Morgan fingerprint density at radius 2 is 1.33 bits per heavy atom. The van der Waals surface area contributed by atoms with Crippen LogP contribution < -0.4 is 10.6 Å². The van der Waals surface area contributed by atoms with Crippen LogP contribution in [-0.2, 0) is 29.2 Å². The van der Waals surface area contributed by atoms with Gasteiger partial charge < -0.3 is 30.3 Å². The Balaban J connectivity index is 1.26. The number of nitrogens with one attached hydrogen (secondary N) is 2. The lowest BCUT2D eigenvalue weighted by molar-refractivity contribution is -0.276. The van der Waals surface area contributed by atoms with Gasteiger partial charge in [0.1, 0.15) is 0 Å². The van der Waals surface area contributed by atoms with E-state index in [1.807, 2.05) is 123 Å². The van der Waals surface area contributed by atoms with Crippen LogP contribution in [0.3, 0.4) is 0 Å². The normalized spacial score (nSPS) is 21.0. The lowest BCUT2D eigenvalue weighted by Crippen LogP contribution is -2.46. The molecule has 0 aliphatic carbocycles. The molecular weight excluding hydrogens is 578 g/mol. The highest BCUT2D eigenvalue weighted by atomic mass is 16.7. The third kappa shape index (κ3) is 8.60. The molecule has 0 bridgehead atoms. The number of nitrogens with zero attached hydrogens (tertiary/aromatic N) is 1. The number of aliphatic hydroxyl groups is 2. The summed E-state index contributed by atoms with van der Waals surface area (Å²) in [7, 11) is 2.01. The van der Waals surface area contributed by atoms with Crippen molar-refractivity contribution in [3.8, 4) is 0 Å². The van der Waals surface area contributed by atoms with Crippen LogP contribution >= 0.6 is 0 Å². The number of aliphatic hydroxyl groups excluding tert-OH is 2. The molecule has 242 valence electrons. The van der Waals surface area contributed by atoms with Crippen molar-refractivity contribution in [2.75, 3.05) is 13.6 Å². The van der Waals surface area contributed by atoms with Crippen molar-refractivity contribution in [2.45, 2.75) is 64.2 Å². The number of rotatable bonds is 12. The molecule has 4 N–H and O–H groups in total. The van der Waals surface area contributed by atoms with Crippen LogP contribution in [0.4, 0.5) is 4.79 Å². The highest BCUT2D eigenvalue weighted by Gasteiger charge is 2.39. The number of amides is 2. The van der Waals surface area contributed by atoms with Crippen molar-refractivity contribution in [1.82, 2.24) is 15.5 Å². The number of ether oxygens (including phenoxy) is 2. The molecule has 0 unspecified atom stereocenters. The summed E-state index contributed by atoms with van der Waals surface area (Å²) >= 11 is 0. The number of hydrogen-bond donors (Lipinski definition) is 4. The fraction of sp³-hybridized carbons (Fsp3) is 0.342. The van der Waals surface area contributed by atoms with Gasteiger partial charge in [0.05, 0.1) is 24.9 Å². The first-order chi connectivity index (χ1) is 22.3. The third-order valence-corrected chi connectivity index (χ3v) is 8.89. The monoisotopic (exact) mass is 623 g/mol. The summed E-state index contributed by atoms with van der Waals surface area (Å²) in [5, 5.41) is 26.5. The van der Waals surface area contributed by atoms with Gasteiger partial charge in [-0.2, -0.15) is 0 Å². The zero-order valence-corrected chi connectivity index (χ0v) is 26.8. The zero-order valence-electron chi connectivity index (χ0n) is 26.8.